The fourth-order valence-corrected chi connectivity index (χ4v) is 5.73. The number of hydrogen-bond acceptors (Lipinski definition) is 9. The van der Waals surface area contributed by atoms with Gasteiger partial charge in [0.1, 0.15) is 12.2 Å². The topological polar surface area (TPSA) is 176 Å². The molecule has 2 heterocycles. The van der Waals surface area contributed by atoms with Crippen LogP contribution < -0.4 is 11.2 Å². The van der Waals surface area contributed by atoms with Crippen molar-refractivity contribution in [2.45, 2.75) is 43.5 Å². The van der Waals surface area contributed by atoms with Gasteiger partial charge < -0.3 is 28.5 Å². The van der Waals surface area contributed by atoms with E-state index in [9.17, 15) is 28.5 Å². The van der Waals surface area contributed by atoms with Gasteiger partial charge in [0.05, 0.1) is 25.0 Å². The van der Waals surface area contributed by atoms with Crippen molar-refractivity contribution >= 4 is 15.2 Å². The Labute approximate surface area is 183 Å². The zero-order valence-corrected chi connectivity index (χ0v) is 19.9. The molecule has 1 aromatic rings. The quantitative estimate of drug-likeness (QED) is 0.297. The van der Waals surface area contributed by atoms with E-state index < -0.39 is 62.6 Å². The molecule has 15 heteroatoms. The van der Waals surface area contributed by atoms with Gasteiger partial charge in [-0.05, 0) is 13.3 Å². The normalized spacial score (nSPS) is 32.1. The second-order valence-electron chi connectivity index (χ2n) is 7.88. The lowest BCUT2D eigenvalue weighted by Crippen LogP contribution is -2.41. The predicted octanol–water partition coefficient (Wildman–Crippen LogP) is 0.195. The number of H-pyrrole nitrogens is 1. The van der Waals surface area contributed by atoms with Crippen molar-refractivity contribution in [1.82, 2.24) is 9.55 Å². The standard InChI is InChI=1S/C17H28N2O11P2/c1-9-8-19(17(21)18-15(9)20)16-14(28-6-5-26-2)13(30-31(4,22)27-3)12(29-16)10-7-11(10)32(23,24)25/h8,10-14,16H,5-7H2,1-4H3,(H,18,20,21)(H2,23,24,25). The van der Waals surface area contributed by atoms with E-state index in [1.54, 1.807) is 0 Å². The van der Waals surface area contributed by atoms with Crippen LogP contribution in [-0.2, 0) is 32.4 Å². The first-order valence-electron chi connectivity index (χ1n) is 9.84. The summed E-state index contributed by atoms with van der Waals surface area (Å²) in [6.07, 6.45) is -2.71. The van der Waals surface area contributed by atoms with E-state index >= 15 is 0 Å². The van der Waals surface area contributed by atoms with Crippen molar-refractivity contribution in [3.8, 4) is 0 Å². The average Bonchev–Trinajstić information content (AvgIpc) is 3.44. The fourth-order valence-electron chi connectivity index (χ4n) is 3.78. The lowest BCUT2D eigenvalue weighted by Gasteiger charge is -2.27. The molecule has 2 fully saturated rings. The molecule has 32 heavy (non-hydrogen) atoms. The summed E-state index contributed by atoms with van der Waals surface area (Å²) < 4.78 is 53.1. The number of aromatic amines is 1. The molecule has 182 valence electrons. The Morgan fingerprint density at radius 3 is 2.47 bits per heavy atom. The van der Waals surface area contributed by atoms with Crippen molar-refractivity contribution < 1.29 is 42.2 Å². The molecule has 7 atom stereocenters. The minimum Gasteiger partial charge on any atom is -0.382 e. The number of nitrogens with one attached hydrogen (secondary N) is 1. The summed E-state index contributed by atoms with van der Waals surface area (Å²) in [6, 6.07) is 0. The van der Waals surface area contributed by atoms with Crippen LogP contribution in [-0.4, -0.2) is 77.4 Å². The number of hydrogen-bond donors (Lipinski definition) is 3. The summed E-state index contributed by atoms with van der Waals surface area (Å²) in [6.45, 7) is 3.01. The summed E-state index contributed by atoms with van der Waals surface area (Å²) in [5.74, 6) is -0.615. The van der Waals surface area contributed by atoms with Crippen molar-refractivity contribution in [2.24, 2.45) is 5.92 Å². The Balaban J connectivity index is 2.02. The second-order valence-corrected chi connectivity index (χ2v) is 11.8. The third-order valence-electron chi connectivity index (χ3n) is 5.55. The van der Waals surface area contributed by atoms with Crippen LogP contribution >= 0.6 is 15.2 Å². The molecule has 0 bridgehead atoms. The predicted molar refractivity (Wildman–Crippen MR) is 111 cm³/mol. The van der Waals surface area contributed by atoms with Gasteiger partial charge in [-0.1, -0.05) is 0 Å². The van der Waals surface area contributed by atoms with Crippen LogP contribution in [0.25, 0.3) is 0 Å². The highest BCUT2D eigenvalue weighted by atomic mass is 31.2. The Morgan fingerprint density at radius 2 is 1.91 bits per heavy atom. The fraction of sp³-hybridized carbons (Fsp3) is 0.765. The van der Waals surface area contributed by atoms with Gasteiger partial charge >= 0.3 is 20.9 Å². The van der Waals surface area contributed by atoms with Crippen LogP contribution in [0.1, 0.15) is 18.2 Å². The van der Waals surface area contributed by atoms with Crippen LogP contribution in [0.3, 0.4) is 0 Å². The zero-order valence-electron chi connectivity index (χ0n) is 18.1. The van der Waals surface area contributed by atoms with Gasteiger partial charge in [0.15, 0.2) is 6.23 Å². The van der Waals surface area contributed by atoms with E-state index in [1.165, 1.54) is 34.0 Å². The largest absolute Gasteiger partial charge is 0.382 e. The summed E-state index contributed by atoms with van der Waals surface area (Å²) in [5.41, 5.74) is -2.04. The molecule has 1 aliphatic heterocycles. The van der Waals surface area contributed by atoms with E-state index in [0.29, 0.717) is 0 Å². The van der Waals surface area contributed by atoms with Crippen LogP contribution in [0.2, 0.25) is 0 Å². The highest BCUT2D eigenvalue weighted by Gasteiger charge is 2.62. The van der Waals surface area contributed by atoms with E-state index in [1.807, 2.05) is 0 Å². The molecule has 1 saturated carbocycles. The Kier molecular flexibility index (Phi) is 7.66. The first-order valence-corrected chi connectivity index (χ1v) is 13.5. The van der Waals surface area contributed by atoms with Gasteiger partial charge in [-0.2, -0.15) is 0 Å². The van der Waals surface area contributed by atoms with Crippen LogP contribution in [0, 0.1) is 12.8 Å². The Morgan fingerprint density at radius 1 is 1.22 bits per heavy atom. The maximum atomic E-state index is 12.6. The SMILES string of the molecule is COCCOC1C(OP(C)(=O)OC)C(C2CC2P(=O)(O)O)OC1n1cc(C)c(=O)[nH]c1=O. The summed E-state index contributed by atoms with van der Waals surface area (Å²) in [4.78, 5) is 45.7. The van der Waals surface area contributed by atoms with Crippen molar-refractivity contribution in [2.75, 3.05) is 34.1 Å². The second kappa shape index (κ2) is 9.61. The van der Waals surface area contributed by atoms with E-state index in [4.69, 9.17) is 23.3 Å². The number of aromatic nitrogens is 2. The molecule has 1 saturated heterocycles. The number of nitrogens with zero attached hydrogens (tertiary/aromatic N) is 1. The Bertz CT molecular complexity index is 1030. The molecule has 1 aliphatic carbocycles. The van der Waals surface area contributed by atoms with Gasteiger partial charge in [0.2, 0.25) is 0 Å². The maximum Gasteiger partial charge on any atom is 0.330 e. The van der Waals surface area contributed by atoms with E-state index in [0.717, 1.165) is 4.57 Å². The van der Waals surface area contributed by atoms with Crippen molar-refractivity contribution in [1.29, 1.82) is 0 Å². The molecule has 0 amide bonds. The molecule has 3 N–H and O–H groups in total. The van der Waals surface area contributed by atoms with Gasteiger partial charge in [-0.25, -0.2) is 4.79 Å². The minimum atomic E-state index is -4.39. The van der Waals surface area contributed by atoms with Crippen LogP contribution in [0.4, 0.5) is 0 Å². The molecule has 0 aromatic carbocycles. The maximum absolute atomic E-state index is 12.6. The molecular formula is C17H28N2O11P2. The first kappa shape index (κ1) is 25.5. The van der Waals surface area contributed by atoms with E-state index in [2.05, 4.69) is 4.98 Å². The van der Waals surface area contributed by atoms with Gasteiger partial charge in [0, 0.05) is 38.6 Å². The van der Waals surface area contributed by atoms with Crippen LogP contribution in [0.5, 0.6) is 0 Å². The molecular weight excluding hydrogens is 470 g/mol. The highest BCUT2D eigenvalue weighted by molar-refractivity contribution is 7.53. The number of aryl methyl sites for hydroxylation is 1. The van der Waals surface area contributed by atoms with Crippen LogP contribution in [0.15, 0.2) is 15.8 Å². The van der Waals surface area contributed by atoms with Crippen molar-refractivity contribution in [3.05, 3.63) is 32.6 Å². The molecule has 1 aromatic heterocycles. The van der Waals surface area contributed by atoms with E-state index in [-0.39, 0.29) is 25.2 Å². The summed E-state index contributed by atoms with van der Waals surface area (Å²) >= 11 is 0. The smallest absolute Gasteiger partial charge is 0.330 e. The molecule has 13 nitrogen and oxygen atoms in total. The Hall–Kier alpha value is -1.14. The summed E-state index contributed by atoms with van der Waals surface area (Å²) in [7, 11) is -5.31. The molecule has 0 radical (unpaired) electrons. The number of rotatable bonds is 10. The first-order chi connectivity index (χ1) is 14.9. The zero-order chi connectivity index (χ0) is 23.8. The monoisotopic (exact) mass is 498 g/mol. The van der Waals surface area contributed by atoms with Gasteiger partial charge in [-0.3, -0.25) is 28.0 Å². The number of methoxy groups -OCH3 is 1. The number of ether oxygens (including phenoxy) is 3. The lowest BCUT2D eigenvalue weighted by molar-refractivity contribution is -0.0795. The molecule has 2 aliphatic rings. The summed E-state index contributed by atoms with van der Waals surface area (Å²) in [5, 5.41) is 0. The van der Waals surface area contributed by atoms with Crippen molar-refractivity contribution in [3.63, 3.8) is 0 Å². The molecule has 0 spiro atoms. The lowest BCUT2D eigenvalue weighted by atomic mass is 10.1. The highest BCUT2D eigenvalue weighted by Crippen LogP contribution is 2.62. The van der Waals surface area contributed by atoms with Gasteiger partial charge in [-0.15, -0.1) is 0 Å². The molecule has 7 unspecified atom stereocenters. The minimum absolute atomic E-state index is 0.0677. The molecule has 3 rings (SSSR count). The average molecular weight is 498 g/mol. The van der Waals surface area contributed by atoms with Gasteiger partial charge in [0.25, 0.3) is 5.56 Å². The third-order valence-corrected chi connectivity index (χ3v) is 8.29. The third kappa shape index (κ3) is 5.49.